The average molecular weight is 481 g/mol. The molecule has 5 rings (SSSR count). The van der Waals surface area contributed by atoms with Crippen LogP contribution in [0.1, 0.15) is 52.5 Å². The Morgan fingerprint density at radius 1 is 1.23 bits per heavy atom. The molecule has 3 fully saturated rings. The van der Waals surface area contributed by atoms with Crippen LogP contribution in [-0.2, 0) is 19.1 Å². The number of esters is 1. The third-order valence-electron chi connectivity index (χ3n) is 9.19. The quantitative estimate of drug-likeness (QED) is 0.388. The van der Waals surface area contributed by atoms with Gasteiger partial charge >= 0.3 is 5.97 Å². The summed E-state index contributed by atoms with van der Waals surface area (Å²) in [5, 5.41) is 21.5. The highest BCUT2D eigenvalue weighted by molar-refractivity contribution is 6.04. The van der Waals surface area contributed by atoms with Crippen molar-refractivity contribution in [1.82, 2.24) is 0 Å². The number of hydrogen-bond acceptors (Lipinski definition) is 6. The van der Waals surface area contributed by atoms with Gasteiger partial charge in [-0.15, -0.1) is 0 Å². The molecule has 6 heteroatoms. The molecule has 8 atom stereocenters. The van der Waals surface area contributed by atoms with Gasteiger partial charge in [0, 0.05) is 18.1 Å². The molecule has 1 aliphatic heterocycles. The second kappa shape index (κ2) is 8.39. The molecule has 1 aromatic rings. The summed E-state index contributed by atoms with van der Waals surface area (Å²) in [6, 6.07) is 9.38. The minimum atomic E-state index is -1.59. The third-order valence-corrected chi connectivity index (χ3v) is 9.19. The summed E-state index contributed by atoms with van der Waals surface area (Å²) in [4.78, 5) is 27.3. The van der Waals surface area contributed by atoms with E-state index in [0.717, 1.165) is 18.4 Å². The largest absolute Gasteiger partial charge is 0.447 e. The number of hydrogen-bond donors (Lipinski definition) is 2. The molecule has 2 saturated carbocycles. The molecule has 2 N–H and O–H groups in total. The first-order valence-corrected chi connectivity index (χ1v) is 12.7. The Morgan fingerprint density at radius 2 is 1.94 bits per heavy atom. The first-order chi connectivity index (χ1) is 16.5. The fourth-order valence-electron chi connectivity index (χ4n) is 6.84. The number of carbonyl (C=O) groups excluding carboxylic acids is 2. The van der Waals surface area contributed by atoms with Crippen LogP contribution in [0.3, 0.4) is 0 Å². The summed E-state index contributed by atoms with van der Waals surface area (Å²) in [7, 11) is 0. The summed E-state index contributed by atoms with van der Waals surface area (Å²) in [6.45, 7) is 7.84. The smallest absolute Gasteiger partial charge is 0.331 e. The molecule has 0 amide bonds. The van der Waals surface area contributed by atoms with Crippen molar-refractivity contribution in [2.45, 2.75) is 70.4 Å². The lowest BCUT2D eigenvalue weighted by Crippen LogP contribution is -2.52. The van der Waals surface area contributed by atoms with Gasteiger partial charge in [-0.3, -0.25) is 4.79 Å². The summed E-state index contributed by atoms with van der Waals surface area (Å²) >= 11 is 0. The lowest BCUT2D eigenvalue weighted by atomic mass is 9.77. The highest BCUT2D eigenvalue weighted by Gasteiger charge is 2.71. The minimum Gasteiger partial charge on any atom is -0.447 e. The number of carbonyl (C=O) groups is 2. The number of ketones is 1. The number of ether oxygens (including phenoxy) is 2. The van der Waals surface area contributed by atoms with E-state index in [1.165, 1.54) is 6.08 Å². The Balaban J connectivity index is 1.55. The van der Waals surface area contributed by atoms with Crippen molar-refractivity contribution in [2.24, 2.45) is 29.1 Å². The standard InChI is InChI=1S/C29H36O6/c1-17-15-29(34-22(31)11-10-18-8-6-5-7-9-18)23(24(17)32)26-28(4,35-26)13-12-20-21(27(20,2)3)14-19(16-30)25(29)33/h5-11,14,17,20-21,23-24,26,30,32H,12-13,15-16H2,1-4H3/b11-10+,19-14+/t17?,20-,21+,23+,24?,26?,28+,29+/m0/s1. The monoisotopic (exact) mass is 480 g/mol. The predicted molar refractivity (Wildman–Crippen MR) is 131 cm³/mol. The molecular weight excluding hydrogens is 444 g/mol. The maximum atomic E-state index is 14.2. The lowest BCUT2D eigenvalue weighted by Gasteiger charge is -2.34. The van der Waals surface area contributed by atoms with Crippen LogP contribution in [0.15, 0.2) is 48.1 Å². The fraction of sp³-hybridized carbons (Fsp3) is 0.586. The molecule has 3 aliphatic carbocycles. The Hall–Kier alpha value is -2.28. The zero-order valence-electron chi connectivity index (χ0n) is 20.9. The molecule has 188 valence electrons. The van der Waals surface area contributed by atoms with E-state index in [4.69, 9.17) is 9.47 Å². The van der Waals surface area contributed by atoms with Crippen LogP contribution < -0.4 is 0 Å². The van der Waals surface area contributed by atoms with Gasteiger partial charge in [0.25, 0.3) is 0 Å². The molecule has 1 aromatic carbocycles. The summed E-state index contributed by atoms with van der Waals surface area (Å²) in [5.74, 6) is -1.45. The van der Waals surface area contributed by atoms with Crippen molar-refractivity contribution in [3.05, 3.63) is 53.6 Å². The highest BCUT2D eigenvalue weighted by atomic mass is 16.6. The van der Waals surface area contributed by atoms with E-state index < -0.39 is 47.7 Å². The number of rotatable bonds is 4. The SMILES string of the molecule is CC1C[C@]2(OC(=O)/C=C/c3ccccc3)C(=O)/C(CO)=C/[C@@H]3[C@H](CC[C@@]4(C)OC4[C@H]2C1O)C3(C)C. The van der Waals surface area contributed by atoms with Gasteiger partial charge in [-0.05, 0) is 54.6 Å². The summed E-state index contributed by atoms with van der Waals surface area (Å²) in [6.07, 6.45) is 5.56. The van der Waals surface area contributed by atoms with Crippen LogP contribution in [0.5, 0.6) is 0 Å². The minimum absolute atomic E-state index is 0.0325. The van der Waals surface area contributed by atoms with Crippen molar-refractivity contribution < 1.29 is 29.3 Å². The van der Waals surface area contributed by atoms with Crippen molar-refractivity contribution in [3.8, 4) is 0 Å². The second-order valence-corrected chi connectivity index (χ2v) is 11.8. The maximum Gasteiger partial charge on any atom is 0.331 e. The topological polar surface area (TPSA) is 96.4 Å². The van der Waals surface area contributed by atoms with E-state index in [0.29, 0.717) is 5.92 Å². The van der Waals surface area contributed by atoms with E-state index in [9.17, 15) is 19.8 Å². The first kappa shape index (κ1) is 24.4. The maximum absolute atomic E-state index is 14.2. The average Bonchev–Trinajstić information content (AvgIpc) is 3.60. The molecule has 0 bridgehead atoms. The number of fused-ring (bicyclic) bond motifs is 4. The molecule has 0 radical (unpaired) electrons. The van der Waals surface area contributed by atoms with Crippen molar-refractivity contribution in [1.29, 1.82) is 0 Å². The van der Waals surface area contributed by atoms with Gasteiger partial charge in [0.05, 0.1) is 30.3 Å². The van der Waals surface area contributed by atoms with Crippen LogP contribution in [0.2, 0.25) is 0 Å². The fourth-order valence-corrected chi connectivity index (χ4v) is 6.84. The summed E-state index contributed by atoms with van der Waals surface area (Å²) in [5.41, 5.74) is -0.929. The Bertz CT molecular complexity index is 1070. The highest BCUT2D eigenvalue weighted by Crippen LogP contribution is 2.64. The van der Waals surface area contributed by atoms with Gasteiger partial charge in [0.15, 0.2) is 5.60 Å². The third kappa shape index (κ3) is 4.00. The number of aliphatic hydroxyl groups is 2. The van der Waals surface area contributed by atoms with Crippen LogP contribution >= 0.6 is 0 Å². The van der Waals surface area contributed by atoms with E-state index in [1.54, 1.807) is 6.08 Å². The predicted octanol–water partition coefficient (Wildman–Crippen LogP) is 3.71. The second-order valence-electron chi connectivity index (χ2n) is 11.8. The molecule has 1 saturated heterocycles. The molecule has 6 nitrogen and oxygen atoms in total. The molecule has 3 unspecified atom stereocenters. The van der Waals surface area contributed by atoms with Gasteiger partial charge in [0.1, 0.15) is 0 Å². The van der Waals surface area contributed by atoms with Crippen molar-refractivity contribution in [3.63, 3.8) is 0 Å². The first-order valence-electron chi connectivity index (χ1n) is 12.7. The number of allylic oxidation sites excluding steroid dienone is 1. The van der Waals surface area contributed by atoms with Crippen LogP contribution in [0, 0.1) is 29.1 Å². The lowest BCUT2D eigenvalue weighted by molar-refractivity contribution is -0.168. The molecule has 0 spiro atoms. The van der Waals surface area contributed by atoms with E-state index in [2.05, 4.69) is 13.8 Å². The Morgan fingerprint density at radius 3 is 2.63 bits per heavy atom. The molecular formula is C29H36O6. The van der Waals surface area contributed by atoms with Crippen LogP contribution in [0.25, 0.3) is 6.08 Å². The molecule has 0 aromatic heterocycles. The van der Waals surface area contributed by atoms with Crippen molar-refractivity contribution in [2.75, 3.05) is 6.61 Å². The number of epoxide rings is 1. The van der Waals surface area contributed by atoms with Crippen molar-refractivity contribution >= 4 is 17.8 Å². The van der Waals surface area contributed by atoms with Gasteiger partial charge in [-0.1, -0.05) is 57.2 Å². The van der Waals surface area contributed by atoms with Gasteiger partial charge < -0.3 is 19.7 Å². The van der Waals surface area contributed by atoms with E-state index in [1.807, 2.05) is 50.3 Å². The number of benzene rings is 1. The number of Topliss-reactive ketones (excluding diaryl/α,β-unsaturated/α-hetero) is 1. The van der Waals surface area contributed by atoms with E-state index >= 15 is 0 Å². The van der Waals surface area contributed by atoms with Gasteiger partial charge in [-0.25, -0.2) is 4.79 Å². The zero-order chi connectivity index (χ0) is 25.2. The molecule has 35 heavy (non-hydrogen) atoms. The molecule has 4 aliphatic rings. The van der Waals surface area contributed by atoms with Crippen LogP contribution in [0.4, 0.5) is 0 Å². The normalized spacial score (nSPS) is 43.3. The Labute approximate surface area is 207 Å². The van der Waals surface area contributed by atoms with Crippen LogP contribution in [-0.4, -0.2) is 52.0 Å². The summed E-state index contributed by atoms with van der Waals surface area (Å²) < 4.78 is 12.3. The zero-order valence-corrected chi connectivity index (χ0v) is 20.9. The van der Waals surface area contributed by atoms with Gasteiger partial charge in [0.2, 0.25) is 5.78 Å². The Kier molecular flexibility index (Phi) is 5.86. The van der Waals surface area contributed by atoms with Gasteiger partial charge in [-0.2, -0.15) is 0 Å². The number of aliphatic hydroxyl groups excluding tert-OH is 2. The molecule has 1 heterocycles. The van der Waals surface area contributed by atoms with E-state index in [-0.39, 0.29) is 29.2 Å².